The summed E-state index contributed by atoms with van der Waals surface area (Å²) in [5, 5.41) is 5.83. The molecule has 1 saturated heterocycles. The van der Waals surface area contributed by atoms with Gasteiger partial charge < -0.3 is 20.1 Å². The highest BCUT2D eigenvalue weighted by Crippen LogP contribution is 2.16. The maximum absolute atomic E-state index is 13.4. The average Bonchev–Trinajstić information content (AvgIpc) is 2.48. The number of hydrogen-bond donors (Lipinski definition) is 2. The van der Waals surface area contributed by atoms with Crippen LogP contribution in [0.15, 0.2) is 24.3 Å². The first-order valence-electron chi connectivity index (χ1n) is 6.67. The Hall–Kier alpha value is -1.37. The SMILES string of the molecule is CC(CNC(=O)C1COCCN1)Oc1ccccc1F.Cl. The van der Waals surface area contributed by atoms with E-state index in [2.05, 4.69) is 10.6 Å². The zero-order valence-corrected chi connectivity index (χ0v) is 12.6. The lowest BCUT2D eigenvalue weighted by Gasteiger charge is -2.24. The fraction of sp³-hybridized carbons (Fsp3) is 0.500. The first kappa shape index (κ1) is 17.7. The van der Waals surface area contributed by atoms with Crippen LogP contribution in [0.2, 0.25) is 0 Å². The molecule has 1 aliphatic heterocycles. The van der Waals surface area contributed by atoms with E-state index in [9.17, 15) is 9.18 Å². The van der Waals surface area contributed by atoms with E-state index in [1.807, 2.05) is 0 Å². The molecule has 2 N–H and O–H groups in total. The van der Waals surface area contributed by atoms with Crippen molar-refractivity contribution >= 4 is 18.3 Å². The molecule has 1 amide bonds. The third kappa shape index (κ3) is 5.49. The summed E-state index contributed by atoms with van der Waals surface area (Å²) in [6.45, 7) is 3.74. The van der Waals surface area contributed by atoms with Crippen molar-refractivity contribution < 1.29 is 18.7 Å². The number of carbonyl (C=O) groups excluding carboxylic acids is 1. The van der Waals surface area contributed by atoms with E-state index in [1.165, 1.54) is 6.07 Å². The van der Waals surface area contributed by atoms with Crippen LogP contribution < -0.4 is 15.4 Å². The van der Waals surface area contributed by atoms with E-state index >= 15 is 0 Å². The molecule has 1 aliphatic rings. The second kappa shape index (κ2) is 8.81. The van der Waals surface area contributed by atoms with Crippen molar-refractivity contribution in [3.63, 3.8) is 0 Å². The Kier molecular flexibility index (Phi) is 7.42. The molecule has 7 heteroatoms. The number of halogens is 2. The summed E-state index contributed by atoms with van der Waals surface area (Å²) in [5.41, 5.74) is 0. The normalized spacial score (nSPS) is 19.2. The number of rotatable bonds is 5. The summed E-state index contributed by atoms with van der Waals surface area (Å²) in [6, 6.07) is 5.87. The fourth-order valence-corrected chi connectivity index (χ4v) is 1.90. The van der Waals surface area contributed by atoms with E-state index in [0.29, 0.717) is 26.3 Å². The van der Waals surface area contributed by atoms with Gasteiger partial charge in [-0.1, -0.05) is 12.1 Å². The van der Waals surface area contributed by atoms with Gasteiger partial charge in [0.2, 0.25) is 5.91 Å². The van der Waals surface area contributed by atoms with E-state index in [-0.39, 0.29) is 36.2 Å². The third-order valence-electron chi connectivity index (χ3n) is 2.97. The smallest absolute Gasteiger partial charge is 0.239 e. The van der Waals surface area contributed by atoms with Crippen LogP contribution in [0.4, 0.5) is 4.39 Å². The van der Waals surface area contributed by atoms with Gasteiger partial charge in [-0.2, -0.15) is 0 Å². The van der Waals surface area contributed by atoms with Crippen LogP contribution >= 0.6 is 12.4 Å². The molecule has 0 aliphatic carbocycles. The van der Waals surface area contributed by atoms with Crippen molar-refractivity contribution in [1.29, 1.82) is 0 Å². The Morgan fingerprint density at radius 2 is 2.33 bits per heavy atom. The molecule has 0 radical (unpaired) electrons. The quantitative estimate of drug-likeness (QED) is 0.854. The number of morpholine rings is 1. The lowest BCUT2D eigenvalue weighted by molar-refractivity contribution is -0.126. The Labute approximate surface area is 129 Å². The highest BCUT2D eigenvalue weighted by Gasteiger charge is 2.21. The highest BCUT2D eigenvalue weighted by atomic mass is 35.5. The van der Waals surface area contributed by atoms with Crippen molar-refractivity contribution in [3.05, 3.63) is 30.1 Å². The van der Waals surface area contributed by atoms with Crippen molar-refractivity contribution in [2.24, 2.45) is 0 Å². The predicted octanol–water partition coefficient (Wildman–Crippen LogP) is 1.12. The molecule has 118 valence electrons. The van der Waals surface area contributed by atoms with E-state index < -0.39 is 5.82 Å². The summed E-state index contributed by atoms with van der Waals surface area (Å²) in [7, 11) is 0. The van der Waals surface area contributed by atoms with Crippen LogP contribution in [0, 0.1) is 5.82 Å². The third-order valence-corrected chi connectivity index (χ3v) is 2.97. The second-order valence-corrected chi connectivity index (χ2v) is 4.69. The number of nitrogens with one attached hydrogen (secondary N) is 2. The van der Waals surface area contributed by atoms with Gasteiger partial charge in [-0.25, -0.2) is 4.39 Å². The zero-order valence-electron chi connectivity index (χ0n) is 11.8. The summed E-state index contributed by atoms with van der Waals surface area (Å²) in [4.78, 5) is 11.8. The number of ether oxygens (including phenoxy) is 2. The topological polar surface area (TPSA) is 59.6 Å². The molecule has 21 heavy (non-hydrogen) atoms. The van der Waals surface area contributed by atoms with E-state index in [4.69, 9.17) is 9.47 Å². The predicted molar refractivity (Wildman–Crippen MR) is 79.4 cm³/mol. The van der Waals surface area contributed by atoms with Gasteiger partial charge >= 0.3 is 0 Å². The molecule has 1 fully saturated rings. The molecule has 0 saturated carbocycles. The molecular formula is C14H20ClFN2O3. The lowest BCUT2D eigenvalue weighted by atomic mass is 10.2. The number of benzene rings is 1. The molecule has 1 aromatic carbocycles. The maximum atomic E-state index is 13.4. The number of amides is 1. The van der Waals surface area contributed by atoms with Crippen molar-refractivity contribution in [2.45, 2.75) is 19.1 Å². The molecule has 2 unspecified atom stereocenters. The molecule has 1 heterocycles. The van der Waals surface area contributed by atoms with Gasteiger partial charge in [-0.05, 0) is 19.1 Å². The maximum Gasteiger partial charge on any atom is 0.239 e. The summed E-state index contributed by atoms with van der Waals surface area (Å²) in [6.07, 6.45) is -0.319. The Balaban J connectivity index is 0.00000220. The second-order valence-electron chi connectivity index (χ2n) is 4.69. The van der Waals surface area contributed by atoms with Gasteiger partial charge in [0.15, 0.2) is 11.6 Å². The number of para-hydroxylation sites is 1. The molecular weight excluding hydrogens is 299 g/mol. The molecule has 0 spiro atoms. The van der Waals surface area contributed by atoms with Crippen molar-refractivity contribution in [1.82, 2.24) is 10.6 Å². The van der Waals surface area contributed by atoms with Crippen LogP contribution in [-0.2, 0) is 9.53 Å². The zero-order chi connectivity index (χ0) is 14.4. The molecule has 0 bridgehead atoms. The van der Waals surface area contributed by atoms with Crippen LogP contribution in [0.5, 0.6) is 5.75 Å². The minimum absolute atomic E-state index is 0. The Bertz CT molecular complexity index is 456. The summed E-state index contributed by atoms with van der Waals surface area (Å²) in [5.74, 6) is -0.352. The fourth-order valence-electron chi connectivity index (χ4n) is 1.90. The molecule has 2 atom stereocenters. The van der Waals surface area contributed by atoms with Crippen molar-refractivity contribution in [3.8, 4) is 5.75 Å². The van der Waals surface area contributed by atoms with Gasteiger partial charge in [-0.3, -0.25) is 4.79 Å². The van der Waals surface area contributed by atoms with Gasteiger partial charge in [0.1, 0.15) is 12.1 Å². The van der Waals surface area contributed by atoms with Gasteiger partial charge in [-0.15, -0.1) is 12.4 Å². The lowest BCUT2D eigenvalue weighted by Crippen LogP contribution is -2.52. The van der Waals surface area contributed by atoms with Crippen LogP contribution in [-0.4, -0.2) is 44.4 Å². The van der Waals surface area contributed by atoms with E-state index in [1.54, 1.807) is 25.1 Å². The monoisotopic (exact) mass is 318 g/mol. The van der Waals surface area contributed by atoms with Gasteiger partial charge in [0.25, 0.3) is 0 Å². The van der Waals surface area contributed by atoms with E-state index in [0.717, 1.165) is 0 Å². The standard InChI is InChI=1S/C14H19FN2O3.ClH/c1-10(20-13-5-3-2-4-11(13)15)8-17-14(18)12-9-19-7-6-16-12;/h2-5,10,12,16H,6-9H2,1H3,(H,17,18);1H. The molecule has 2 rings (SSSR count). The first-order valence-corrected chi connectivity index (χ1v) is 6.67. The summed E-state index contributed by atoms with van der Waals surface area (Å²) < 4.78 is 24.1. The van der Waals surface area contributed by atoms with Gasteiger partial charge in [0.05, 0.1) is 19.8 Å². The molecule has 5 nitrogen and oxygen atoms in total. The summed E-state index contributed by atoms with van der Waals surface area (Å²) >= 11 is 0. The minimum Gasteiger partial charge on any atom is -0.486 e. The van der Waals surface area contributed by atoms with Crippen molar-refractivity contribution in [2.75, 3.05) is 26.3 Å². The average molecular weight is 319 g/mol. The van der Waals surface area contributed by atoms with Crippen LogP contribution in [0.3, 0.4) is 0 Å². The number of hydrogen-bond acceptors (Lipinski definition) is 4. The Morgan fingerprint density at radius 1 is 1.57 bits per heavy atom. The highest BCUT2D eigenvalue weighted by molar-refractivity contribution is 5.85. The van der Waals surface area contributed by atoms with Gasteiger partial charge in [0, 0.05) is 6.54 Å². The minimum atomic E-state index is -0.409. The molecule has 1 aromatic rings. The number of carbonyl (C=O) groups is 1. The Morgan fingerprint density at radius 3 is 3.00 bits per heavy atom. The van der Waals surface area contributed by atoms with Crippen LogP contribution in [0.1, 0.15) is 6.92 Å². The molecule has 0 aromatic heterocycles. The first-order chi connectivity index (χ1) is 9.66. The largest absolute Gasteiger partial charge is 0.486 e. The van der Waals surface area contributed by atoms with Crippen LogP contribution in [0.25, 0.3) is 0 Å².